The van der Waals surface area contributed by atoms with Crippen molar-refractivity contribution in [2.24, 2.45) is 0 Å². The van der Waals surface area contributed by atoms with Gasteiger partial charge < -0.3 is 9.88 Å². The highest BCUT2D eigenvalue weighted by atomic mass is 16.1. The number of para-hydroxylation sites is 1. The maximum absolute atomic E-state index is 13.1. The summed E-state index contributed by atoms with van der Waals surface area (Å²) < 4.78 is 2.19. The third-order valence-electron chi connectivity index (χ3n) is 5.85. The van der Waals surface area contributed by atoms with E-state index in [0.717, 1.165) is 48.6 Å². The van der Waals surface area contributed by atoms with E-state index in [4.69, 9.17) is 0 Å². The SMILES string of the molecule is O=C(NC1CCN(C2CC2)C1)c1cccc2ccn(Cc3ccccc3)c12. The number of nitrogens with one attached hydrogen (secondary N) is 1. The fourth-order valence-electron chi connectivity index (χ4n) is 4.30. The summed E-state index contributed by atoms with van der Waals surface area (Å²) in [4.78, 5) is 15.6. The number of likely N-dealkylation sites (tertiary alicyclic amines) is 1. The summed E-state index contributed by atoms with van der Waals surface area (Å²) in [7, 11) is 0. The van der Waals surface area contributed by atoms with Gasteiger partial charge in [0.15, 0.2) is 0 Å². The Balaban J connectivity index is 1.39. The summed E-state index contributed by atoms with van der Waals surface area (Å²) >= 11 is 0. The van der Waals surface area contributed by atoms with Gasteiger partial charge >= 0.3 is 0 Å². The van der Waals surface area contributed by atoms with Crippen molar-refractivity contribution in [1.82, 2.24) is 14.8 Å². The molecule has 2 fully saturated rings. The number of hydrogen-bond donors (Lipinski definition) is 1. The molecule has 2 aliphatic rings. The predicted octanol–water partition coefficient (Wildman–Crippen LogP) is 3.66. The molecule has 1 amide bonds. The summed E-state index contributed by atoms with van der Waals surface area (Å²) in [6.45, 7) is 2.88. The van der Waals surface area contributed by atoms with Crippen molar-refractivity contribution in [2.45, 2.75) is 37.9 Å². The van der Waals surface area contributed by atoms with E-state index in [9.17, 15) is 4.79 Å². The Hall–Kier alpha value is -2.59. The third kappa shape index (κ3) is 3.37. The maximum atomic E-state index is 13.1. The standard InChI is InChI=1S/C23H25N3O/c27-23(24-19-12-14-25(16-19)20-9-10-20)21-8-4-7-18-11-13-26(22(18)21)15-17-5-2-1-3-6-17/h1-8,11,13,19-20H,9-10,12,14-16H2,(H,24,27). The topological polar surface area (TPSA) is 37.3 Å². The van der Waals surface area contributed by atoms with E-state index in [1.165, 1.54) is 18.4 Å². The molecule has 0 radical (unpaired) electrons. The van der Waals surface area contributed by atoms with Gasteiger partial charge in [-0.15, -0.1) is 0 Å². The molecule has 4 nitrogen and oxygen atoms in total. The molecule has 138 valence electrons. The number of benzene rings is 2. The summed E-state index contributed by atoms with van der Waals surface area (Å²) in [5, 5.41) is 4.40. The fraction of sp³-hybridized carbons (Fsp3) is 0.348. The zero-order valence-electron chi connectivity index (χ0n) is 15.5. The van der Waals surface area contributed by atoms with Crippen LogP contribution in [0.2, 0.25) is 0 Å². The van der Waals surface area contributed by atoms with Crippen LogP contribution in [0.5, 0.6) is 0 Å². The van der Waals surface area contributed by atoms with Crippen LogP contribution in [0, 0.1) is 0 Å². The van der Waals surface area contributed by atoms with Gasteiger partial charge in [0.05, 0.1) is 11.1 Å². The minimum Gasteiger partial charge on any atom is -0.348 e. The molecule has 2 aromatic carbocycles. The summed E-state index contributed by atoms with van der Waals surface area (Å²) in [6.07, 6.45) is 5.79. The Morgan fingerprint density at radius 1 is 1.00 bits per heavy atom. The molecule has 1 saturated heterocycles. The lowest BCUT2D eigenvalue weighted by atomic mass is 10.1. The second-order valence-corrected chi connectivity index (χ2v) is 7.86. The molecule has 1 N–H and O–H groups in total. The minimum absolute atomic E-state index is 0.0521. The molecular formula is C23H25N3O. The van der Waals surface area contributed by atoms with Crippen LogP contribution < -0.4 is 5.32 Å². The van der Waals surface area contributed by atoms with Crippen molar-refractivity contribution in [1.29, 1.82) is 0 Å². The smallest absolute Gasteiger partial charge is 0.253 e. The Kier molecular flexibility index (Phi) is 4.21. The van der Waals surface area contributed by atoms with Crippen LogP contribution in [0.4, 0.5) is 0 Å². The van der Waals surface area contributed by atoms with Gasteiger partial charge in [0.25, 0.3) is 5.91 Å². The van der Waals surface area contributed by atoms with Gasteiger partial charge in [0.1, 0.15) is 0 Å². The quantitative estimate of drug-likeness (QED) is 0.755. The number of amides is 1. The number of hydrogen-bond acceptors (Lipinski definition) is 2. The van der Waals surface area contributed by atoms with Crippen LogP contribution in [0.25, 0.3) is 10.9 Å². The summed E-state index contributed by atoms with van der Waals surface area (Å²) in [5.41, 5.74) is 3.04. The van der Waals surface area contributed by atoms with Crippen molar-refractivity contribution in [2.75, 3.05) is 13.1 Å². The van der Waals surface area contributed by atoms with Crippen molar-refractivity contribution >= 4 is 16.8 Å². The van der Waals surface area contributed by atoms with Crippen LogP contribution in [0.1, 0.15) is 35.2 Å². The molecule has 2 heterocycles. The van der Waals surface area contributed by atoms with Gasteiger partial charge in [0, 0.05) is 43.3 Å². The van der Waals surface area contributed by atoms with Crippen molar-refractivity contribution < 1.29 is 4.79 Å². The lowest BCUT2D eigenvalue weighted by Crippen LogP contribution is -2.37. The maximum Gasteiger partial charge on any atom is 0.253 e. The zero-order valence-corrected chi connectivity index (χ0v) is 15.5. The number of carbonyl (C=O) groups is 1. The first-order valence-corrected chi connectivity index (χ1v) is 9.94. The molecule has 1 unspecified atom stereocenters. The van der Waals surface area contributed by atoms with Crippen LogP contribution in [0.15, 0.2) is 60.8 Å². The Labute approximate surface area is 159 Å². The molecule has 1 aromatic heterocycles. The van der Waals surface area contributed by atoms with Crippen LogP contribution in [-0.2, 0) is 6.54 Å². The lowest BCUT2D eigenvalue weighted by molar-refractivity contribution is 0.0939. The van der Waals surface area contributed by atoms with E-state index in [0.29, 0.717) is 0 Å². The monoisotopic (exact) mass is 359 g/mol. The molecule has 1 saturated carbocycles. The highest BCUT2D eigenvalue weighted by Crippen LogP contribution is 2.30. The first kappa shape index (κ1) is 16.6. The first-order valence-electron chi connectivity index (χ1n) is 9.94. The summed E-state index contributed by atoms with van der Waals surface area (Å²) in [6, 6.07) is 19.5. The van der Waals surface area contributed by atoms with Crippen molar-refractivity contribution in [3.05, 3.63) is 71.9 Å². The van der Waals surface area contributed by atoms with Crippen LogP contribution in [-0.4, -0.2) is 40.5 Å². The molecule has 0 spiro atoms. The van der Waals surface area contributed by atoms with E-state index >= 15 is 0 Å². The van der Waals surface area contributed by atoms with Gasteiger partial charge in [-0.25, -0.2) is 0 Å². The third-order valence-corrected chi connectivity index (χ3v) is 5.85. The molecule has 1 aliphatic heterocycles. The summed E-state index contributed by atoms with van der Waals surface area (Å²) in [5.74, 6) is 0.0521. The number of carbonyl (C=O) groups excluding carboxylic acids is 1. The zero-order chi connectivity index (χ0) is 18.2. The fourth-order valence-corrected chi connectivity index (χ4v) is 4.30. The second-order valence-electron chi connectivity index (χ2n) is 7.86. The Morgan fingerprint density at radius 3 is 2.67 bits per heavy atom. The van der Waals surface area contributed by atoms with E-state index in [-0.39, 0.29) is 11.9 Å². The van der Waals surface area contributed by atoms with Crippen molar-refractivity contribution in [3.8, 4) is 0 Å². The Morgan fingerprint density at radius 2 is 1.85 bits per heavy atom. The van der Waals surface area contributed by atoms with Gasteiger partial charge in [-0.05, 0) is 37.0 Å². The van der Waals surface area contributed by atoms with Crippen LogP contribution >= 0.6 is 0 Å². The van der Waals surface area contributed by atoms with E-state index < -0.39 is 0 Å². The van der Waals surface area contributed by atoms with Gasteiger partial charge in [0.2, 0.25) is 0 Å². The lowest BCUT2D eigenvalue weighted by Gasteiger charge is -2.16. The number of rotatable bonds is 5. The number of aromatic nitrogens is 1. The average Bonchev–Trinajstić information content (AvgIpc) is 3.31. The molecule has 4 heteroatoms. The normalized spacial score (nSPS) is 20.2. The van der Waals surface area contributed by atoms with E-state index in [1.807, 2.05) is 18.2 Å². The second kappa shape index (κ2) is 6.86. The molecule has 1 aliphatic carbocycles. The molecule has 5 rings (SSSR count). The number of nitrogens with zero attached hydrogens (tertiary/aromatic N) is 2. The average molecular weight is 359 g/mol. The van der Waals surface area contributed by atoms with E-state index in [1.54, 1.807) is 0 Å². The highest BCUT2D eigenvalue weighted by molar-refractivity contribution is 6.06. The Bertz CT molecular complexity index is 958. The van der Waals surface area contributed by atoms with E-state index in [2.05, 4.69) is 57.4 Å². The highest BCUT2D eigenvalue weighted by Gasteiger charge is 2.35. The van der Waals surface area contributed by atoms with Crippen LogP contribution in [0.3, 0.4) is 0 Å². The molecule has 1 atom stereocenters. The molecular weight excluding hydrogens is 334 g/mol. The van der Waals surface area contributed by atoms with Gasteiger partial charge in [-0.3, -0.25) is 9.69 Å². The predicted molar refractivity (Wildman–Crippen MR) is 108 cm³/mol. The van der Waals surface area contributed by atoms with Gasteiger partial charge in [-0.1, -0.05) is 42.5 Å². The van der Waals surface area contributed by atoms with Gasteiger partial charge in [-0.2, -0.15) is 0 Å². The first-order chi connectivity index (χ1) is 13.3. The minimum atomic E-state index is 0.0521. The molecule has 3 aromatic rings. The molecule has 0 bridgehead atoms. The molecule has 27 heavy (non-hydrogen) atoms. The van der Waals surface area contributed by atoms with Crippen molar-refractivity contribution in [3.63, 3.8) is 0 Å². The largest absolute Gasteiger partial charge is 0.348 e. The number of fused-ring (bicyclic) bond motifs is 1.